The van der Waals surface area contributed by atoms with Crippen LogP contribution in [0.5, 0.6) is 0 Å². The van der Waals surface area contributed by atoms with Gasteiger partial charge in [0.25, 0.3) is 0 Å². The monoisotopic (exact) mass is 599 g/mol. The van der Waals surface area contributed by atoms with Crippen molar-refractivity contribution in [2.45, 2.75) is 124 Å². The van der Waals surface area contributed by atoms with Gasteiger partial charge in [0.15, 0.2) is 5.78 Å². The van der Waals surface area contributed by atoms with E-state index < -0.39 is 5.41 Å². The molecule has 4 fully saturated rings. The van der Waals surface area contributed by atoms with Crippen LogP contribution < -0.4 is 5.32 Å². The van der Waals surface area contributed by atoms with Crippen LogP contribution in [0.4, 0.5) is 6.01 Å². The molecule has 4 saturated carbocycles. The zero-order chi connectivity index (χ0) is 31.3. The molecule has 8 atom stereocenters. The maximum absolute atomic E-state index is 14.0. The van der Waals surface area contributed by atoms with Crippen molar-refractivity contribution in [2.75, 3.05) is 5.32 Å². The summed E-state index contributed by atoms with van der Waals surface area (Å²) >= 11 is 0. The molecule has 5 aliphatic rings. The highest BCUT2D eigenvalue weighted by Crippen LogP contribution is 2.76. The van der Waals surface area contributed by atoms with E-state index in [4.69, 9.17) is 4.42 Å². The second kappa shape index (κ2) is 10.0. The van der Waals surface area contributed by atoms with Crippen molar-refractivity contribution in [3.63, 3.8) is 0 Å². The molecule has 2 aromatic rings. The fraction of sp³-hybridized carbons (Fsp3) is 0.711. The Morgan fingerprint density at radius 2 is 1.66 bits per heavy atom. The maximum Gasteiger partial charge on any atom is 0.315 e. The molecule has 0 saturated heterocycles. The number of nitrogens with zero attached hydrogens (tertiary/aromatic N) is 2. The predicted molar refractivity (Wildman–Crippen MR) is 173 cm³/mol. The van der Waals surface area contributed by atoms with Crippen molar-refractivity contribution >= 4 is 11.8 Å². The van der Waals surface area contributed by atoms with Crippen molar-refractivity contribution in [2.24, 2.45) is 45.3 Å². The van der Waals surface area contributed by atoms with E-state index in [0.29, 0.717) is 42.6 Å². The van der Waals surface area contributed by atoms with Gasteiger partial charge in [0.05, 0.1) is 11.5 Å². The molecule has 1 aromatic carbocycles. The Morgan fingerprint density at radius 1 is 0.909 bits per heavy atom. The molecule has 1 heterocycles. The average molecular weight is 600 g/mol. The second-order valence-electron chi connectivity index (χ2n) is 16.9. The molecule has 0 bridgehead atoms. The van der Waals surface area contributed by atoms with Crippen LogP contribution in [0.1, 0.15) is 118 Å². The first kappa shape index (κ1) is 30.2. The third-order valence-electron chi connectivity index (χ3n) is 14.5. The number of hydrogen-bond donors (Lipinski definition) is 2. The molecule has 0 spiro atoms. The summed E-state index contributed by atoms with van der Waals surface area (Å²) in [6.45, 7) is 17.4. The standard InChI is InChI=1S/C38H53N3O3/c1-23(2)30-26(42)21-38(32-40-41-33(44-32)39-22-24-11-9-8-10-12-24)20-19-36(6)25(31(30)38)13-14-28-35(5)17-16-29(43)34(3,4)27(35)15-18-37(28,36)7/h8-12,23,25,27-29,43H,13-22H2,1-7H3,(H,39,41)/t25-,27+,28-,29+,35+,36-,37-,38-/m1/s1. The van der Waals surface area contributed by atoms with E-state index in [1.807, 2.05) is 18.2 Å². The number of fused-ring (bicyclic) bond motifs is 7. The Kier molecular flexibility index (Phi) is 6.87. The number of ketones is 1. The number of carbonyl (C=O) groups excluding carboxylic acids is 1. The number of hydrogen-bond acceptors (Lipinski definition) is 6. The lowest BCUT2D eigenvalue weighted by Crippen LogP contribution is -2.65. The largest absolute Gasteiger partial charge is 0.407 e. The Hall–Kier alpha value is -2.47. The van der Waals surface area contributed by atoms with Gasteiger partial charge in [0.2, 0.25) is 5.89 Å². The van der Waals surface area contributed by atoms with E-state index in [-0.39, 0.29) is 39.5 Å². The fourth-order valence-electron chi connectivity index (χ4n) is 12.1. The smallest absolute Gasteiger partial charge is 0.315 e. The third-order valence-corrected chi connectivity index (χ3v) is 14.5. The summed E-state index contributed by atoms with van der Waals surface area (Å²) in [7, 11) is 0. The summed E-state index contributed by atoms with van der Waals surface area (Å²) in [4.78, 5) is 14.0. The van der Waals surface area contributed by atoms with Crippen LogP contribution in [-0.4, -0.2) is 27.2 Å². The van der Waals surface area contributed by atoms with Crippen LogP contribution in [0.2, 0.25) is 0 Å². The van der Waals surface area contributed by atoms with E-state index in [1.165, 1.54) is 24.8 Å². The van der Waals surface area contributed by atoms with Crippen molar-refractivity contribution < 1.29 is 14.3 Å². The lowest BCUT2D eigenvalue weighted by atomic mass is 9.33. The summed E-state index contributed by atoms with van der Waals surface area (Å²) in [5.74, 6) is 2.56. The Morgan fingerprint density at radius 3 is 2.39 bits per heavy atom. The number of benzene rings is 1. The van der Waals surface area contributed by atoms with Gasteiger partial charge in [0, 0.05) is 13.0 Å². The van der Waals surface area contributed by atoms with Crippen LogP contribution in [0, 0.1) is 45.3 Å². The Bertz CT molecular complexity index is 1480. The quantitative estimate of drug-likeness (QED) is 0.360. The number of aliphatic hydroxyl groups excluding tert-OH is 1. The number of carbonyl (C=O) groups is 1. The van der Waals surface area contributed by atoms with Crippen LogP contribution >= 0.6 is 0 Å². The summed E-state index contributed by atoms with van der Waals surface area (Å²) < 4.78 is 6.45. The molecular weight excluding hydrogens is 546 g/mol. The number of anilines is 1. The van der Waals surface area contributed by atoms with Crippen molar-refractivity contribution in [1.29, 1.82) is 0 Å². The lowest BCUT2D eigenvalue weighted by Gasteiger charge is -2.72. The SMILES string of the molecule is CC(C)C1=C2[C@H]3CC[C@@H]4[C@@]5(C)CC[C@H](O)C(C)(C)[C@@H]5CC[C@@]4(C)[C@]3(C)CC[C@@]2(c2nnc(NCc3ccccc3)o2)CC1=O. The maximum atomic E-state index is 14.0. The van der Waals surface area contributed by atoms with Crippen molar-refractivity contribution in [3.05, 3.63) is 52.9 Å². The van der Waals surface area contributed by atoms with Gasteiger partial charge in [-0.1, -0.05) is 83.9 Å². The molecule has 0 radical (unpaired) electrons. The molecule has 44 heavy (non-hydrogen) atoms. The van der Waals surface area contributed by atoms with Gasteiger partial charge >= 0.3 is 6.01 Å². The highest BCUT2D eigenvalue weighted by molar-refractivity contribution is 6.01. The van der Waals surface area contributed by atoms with E-state index in [0.717, 1.165) is 43.2 Å². The summed E-state index contributed by atoms with van der Waals surface area (Å²) in [6, 6.07) is 10.7. The van der Waals surface area contributed by atoms with E-state index >= 15 is 0 Å². The number of allylic oxidation sites excluding steroid dienone is 2. The summed E-state index contributed by atoms with van der Waals surface area (Å²) in [6.07, 6.45) is 8.87. The van der Waals surface area contributed by atoms with Crippen LogP contribution in [0.15, 0.2) is 45.9 Å². The molecule has 2 N–H and O–H groups in total. The molecule has 6 nitrogen and oxygen atoms in total. The molecular formula is C38H53N3O3. The van der Waals surface area contributed by atoms with Gasteiger partial charge in [-0.25, -0.2) is 0 Å². The van der Waals surface area contributed by atoms with Crippen molar-refractivity contribution in [3.8, 4) is 0 Å². The van der Waals surface area contributed by atoms with Crippen LogP contribution in [0.25, 0.3) is 0 Å². The average Bonchev–Trinajstić information content (AvgIpc) is 3.58. The first-order valence-corrected chi connectivity index (χ1v) is 17.4. The zero-order valence-electron chi connectivity index (χ0n) is 28.0. The van der Waals surface area contributed by atoms with Crippen molar-refractivity contribution in [1.82, 2.24) is 10.2 Å². The Labute approximate surface area is 263 Å². The van der Waals surface area contributed by atoms with Gasteiger partial charge < -0.3 is 14.8 Å². The second-order valence-corrected chi connectivity index (χ2v) is 16.9. The molecule has 6 heteroatoms. The molecule has 0 amide bonds. The minimum absolute atomic E-state index is 0.0524. The highest BCUT2D eigenvalue weighted by Gasteiger charge is 2.70. The molecule has 5 aliphatic carbocycles. The van der Waals surface area contributed by atoms with E-state index in [9.17, 15) is 9.90 Å². The number of Topliss-reactive ketones (excluding diaryl/α,β-unsaturated/α-hetero) is 1. The number of nitrogens with one attached hydrogen (secondary N) is 1. The lowest BCUT2D eigenvalue weighted by molar-refractivity contribution is -0.227. The van der Waals surface area contributed by atoms with E-state index in [2.05, 4.69) is 76.1 Å². The van der Waals surface area contributed by atoms with Gasteiger partial charge in [-0.05, 0) is 113 Å². The summed E-state index contributed by atoms with van der Waals surface area (Å²) in [5.41, 5.74) is 3.47. The molecule has 238 valence electrons. The topological polar surface area (TPSA) is 88.2 Å². The van der Waals surface area contributed by atoms with Crippen LogP contribution in [-0.2, 0) is 16.8 Å². The highest BCUT2D eigenvalue weighted by atomic mass is 16.4. The minimum Gasteiger partial charge on any atom is -0.407 e. The normalized spacial score (nSPS) is 41.2. The van der Waals surface area contributed by atoms with Crippen LogP contribution in [0.3, 0.4) is 0 Å². The number of aromatic nitrogens is 2. The molecule has 0 aliphatic heterocycles. The fourth-order valence-corrected chi connectivity index (χ4v) is 12.1. The van der Waals surface area contributed by atoms with E-state index in [1.54, 1.807) is 0 Å². The van der Waals surface area contributed by atoms with Gasteiger partial charge in [0.1, 0.15) is 0 Å². The van der Waals surface area contributed by atoms with Gasteiger partial charge in [-0.2, -0.15) is 0 Å². The van der Waals surface area contributed by atoms with Gasteiger partial charge in [-0.15, -0.1) is 5.10 Å². The predicted octanol–water partition coefficient (Wildman–Crippen LogP) is 8.27. The minimum atomic E-state index is -0.498. The number of aliphatic hydroxyl groups is 1. The molecule has 0 unspecified atom stereocenters. The molecule has 7 rings (SSSR count). The molecule has 1 aromatic heterocycles. The zero-order valence-corrected chi connectivity index (χ0v) is 28.0. The first-order valence-electron chi connectivity index (χ1n) is 17.4. The summed E-state index contributed by atoms with van der Waals surface area (Å²) in [5, 5.41) is 23.5. The number of rotatable bonds is 5. The Balaban J connectivity index is 1.26. The first-order chi connectivity index (χ1) is 20.8. The third kappa shape index (κ3) is 3.97. The van der Waals surface area contributed by atoms with Gasteiger partial charge in [-0.3, -0.25) is 4.79 Å².